The number of nitrogens with zero attached hydrogens (tertiary/aromatic N) is 4. The van der Waals surface area contributed by atoms with Gasteiger partial charge in [-0.25, -0.2) is 9.18 Å². The molecule has 0 aliphatic carbocycles. The second-order valence-electron chi connectivity index (χ2n) is 9.01. The summed E-state index contributed by atoms with van der Waals surface area (Å²) in [6.07, 6.45) is 0. The number of carbonyl (C=O) groups is 2. The highest BCUT2D eigenvalue weighted by Gasteiger charge is 2.30. The van der Waals surface area contributed by atoms with Gasteiger partial charge in [-0.15, -0.1) is 0 Å². The summed E-state index contributed by atoms with van der Waals surface area (Å²) in [6, 6.07) is 13.1. The minimum Gasteiger partial charge on any atom is -0.462 e. The molecule has 1 fully saturated rings. The maximum absolute atomic E-state index is 13.7. The van der Waals surface area contributed by atoms with E-state index in [1.165, 1.54) is 24.3 Å². The Labute approximate surface area is 209 Å². The van der Waals surface area contributed by atoms with Crippen LogP contribution in [0.25, 0.3) is 10.9 Å². The Hall–Kier alpha value is -3.72. The van der Waals surface area contributed by atoms with E-state index in [1.807, 2.05) is 48.2 Å². The molecule has 1 amide bonds. The third-order valence-electron chi connectivity index (χ3n) is 6.37. The van der Waals surface area contributed by atoms with E-state index in [0.29, 0.717) is 50.5 Å². The number of aromatic nitrogens is 1. The molecular formula is C27H31FN4O4. The zero-order chi connectivity index (χ0) is 25.8. The van der Waals surface area contributed by atoms with Crippen molar-refractivity contribution in [2.75, 3.05) is 58.3 Å². The normalized spacial score (nSPS) is 13.9. The van der Waals surface area contributed by atoms with Crippen LogP contribution in [0.5, 0.6) is 0 Å². The van der Waals surface area contributed by atoms with Gasteiger partial charge < -0.3 is 24.0 Å². The number of pyridine rings is 1. The molecule has 2 heterocycles. The van der Waals surface area contributed by atoms with E-state index >= 15 is 0 Å². The summed E-state index contributed by atoms with van der Waals surface area (Å²) in [7, 11) is 3.86. The van der Waals surface area contributed by atoms with Crippen LogP contribution in [0, 0.1) is 5.82 Å². The van der Waals surface area contributed by atoms with Gasteiger partial charge in [-0.05, 0) is 51.4 Å². The van der Waals surface area contributed by atoms with Crippen molar-refractivity contribution >= 4 is 28.5 Å². The third kappa shape index (κ3) is 5.11. The summed E-state index contributed by atoms with van der Waals surface area (Å²) >= 11 is 0. The van der Waals surface area contributed by atoms with Crippen molar-refractivity contribution in [1.82, 2.24) is 14.4 Å². The molecule has 0 unspecified atom stereocenters. The second-order valence-corrected chi connectivity index (χ2v) is 9.01. The molecule has 8 nitrogen and oxygen atoms in total. The number of halogens is 1. The van der Waals surface area contributed by atoms with E-state index in [9.17, 15) is 18.8 Å². The van der Waals surface area contributed by atoms with Crippen LogP contribution in [0.3, 0.4) is 0 Å². The third-order valence-corrected chi connectivity index (χ3v) is 6.37. The fourth-order valence-corrected chi connectivity index (χ4v) is 4.54. The lowest BCUT2D eigenvalue weighted by Gasteiger charge is -2.37. The summed E-state index contributed by atoms with van der Waals surface area (Å²) in [5.74, 6) is -1.22. The molecule has 2 aromatic carbocycles. The van der Waals surface area contributed by atoms with Crippen LogP contribution >= 0.6 is 0 Å². The predicted octanol–water partition coefficient (Wildman–Crippen LogP) is 2.84. The van der Waals surface area contributed by atoms with E-state index in [2.05, 4.69) is 0 Å². The molecular weight excluding hydrogens is 463 g/mol. The quantitative estimate of drug-likeness (QED) is 0.471. The van der Waals surface area contributed by atoms with Crippen molar-refractivity contribution in [3.05, 3.63) is 75.8 Å². The van der Waals surface area contributed by atoms with Gasteiger partial charge in [-0.3, -0.25) is 9.59 Å². The van der Waals surface area contributed by atoms with E-state index in [4.69, 9.17) is 4.74 Å². The summed E-state index contributed by atoms with van der Waals surface area (Å²) < 4.78 is 20.2. The average molecular weight is 495 g/mol. The highest BCUT2D eigenvalue weighted by molar-refractivity contribution is 6.05. The Morgan fingerprint density at radius 1 is 1.00 bits per heavy atom. The van der Waals surface area contributed by atoms with E-state index in [0.717, 1.165) is 10.9 Å². The van der Waals surface area contributed by atoms with Crippen molar-refractivity contribution in [3.8, 4) is 0 Å². The lowest BCUT2D eigenvalue weighted by Crippen LogP contribution is -2.49. The smallest absolute Gasteiger partial charge is 0.345 e. The Kier molecular flexibility index (Phi) is 7.69. The first-order valence-electron chi connectivity index (χ1n) is 12.1. The molecule has 190 valence electrons. The molecule has 4 rings (SSSR count). The lowest BCUT2D eigenvalue weighted by atomic mass is 10.1. The monoisotopic (exact) mass is 494 g/mol. The van der Waals surface area contributed by atoms with Crippen LogP contribution in [-0.2, 0) is 11.3 Å². The molecule has 1 saturated heterocycles. The molecule has 0 saturated carbocycles. The van der Waals surface area contributed by atoms with Crippen LogP contribution in [0.15, 0.2) is 53.3 Å². The zero-order valence-corrected chi connectivity index (χ0v) is 20.9. The van der Waals surface area contributed by atoms with E-state index < -0.39 is 11.8 Å². The van der Waals surface area contributed by atoms with Crippen LogP contribution in [-0.4, -0.2) is 79.7 Å². The van der Waals surface area contributed by atoms with Crippen molar-refractivity contribution < 1.29 is 18.7 Å². The van der Waals surface area contributed by atoms with Gasteiger partial charge in [0.1, 0.15) is 11.4 Å². The molecule has 0 spiro atoms. The van der Waals surface area contributed by atoms with Crippen molar-refractivity contribution in [2.45, 2.75) is 13.5 Å². The van der Waals surface area contributed by atoms with Gasteiger partial charge in [0.05, 0.1) is 17.8 Å². The number of fused-ring (bicyclic) bond motifs is 1. The molecule has 0 bridgehead atoms. The van der Waals surface area contributed by atoms with Gasteiger partial charge in [0.25, 0.3) is 11.5 Å². The molecule has 0 atom stereocenters. The number of ether oxygens (including phenoxy) is 1. The molecule has 0 N–H and O–H groups in total. The first-order valence-corrected chi connectivity index (χ1v) is 12.1. The van der Waals surface area contributed by atoms with Crippen LogP contribution in [0.4, 0.5) is 10.1 Å². The Bertz CT molecular complexity index is 1310. The average Bonchev–Trinajstić information content (AvgIpc) is 2.87. The summed E-state index contributed by atoms with van der Waals surface area (Å²) in [6.45, 7) is 4.60. The zero-order valence-electron chi connectivity index (χ0n) is 20.9. The van der Waals surface area contributed by atoms with Gasteiger partial charge in [-0.2, -0.15) is 0 Å². The highest BCUT2D eigenvalue weighted by atomic mass is 19.1. The molecule has 1 aromatic heterocycles. The number of amides is 1. The van der Waals surface area contributed by atoms with Crippen molar-refractivity contribution in [2.24, 2.45) is 0 Å². The summed E-state index contributed by atoms with van der Waals surface area (Å²) in [5, 5.41) is 0.789. The standard InChI is InChI=1S/C27H31FN4O4/c1-4-36-27(35)23-24(21-7-5-6-8-22(21)32(26(23)34)18-13-29(2)3)30-14-16-31(17-15-30)25(33)19-9-11-20(28)12-10-19/h5-12H,4,13-18H2,1-3H3. The number of anilines is 1. The fraction of sp³-hybridized carbons (Fsp3) is 0.370. The number of esters is 1. The molecule has 3 aromatic rings. The number of rotatable bonds is 7. The van der Waals surface area contributed by atoms with E-state index in [1.54, 1.807) is 16.4 Å². The molecule has 36 heavy (non-hydrogen) atoms. The number of carbonyl (C=O) groups excluding carboxylic acids is 2. The van der Waals surface area contributed by atoms with Gasteiger partial charge in [0.15, 0.2) is 0 Å². The second kappa shape index (κ2) is 10.9. The number of para-hydroxylation sites is 1. The number of hydrogen-bond donors (Lipinski definition) is 0. The first kappa shape index (κ1) is 25.4. The number of benzene rings is 2. The van der Waals surface area contributed by atoms with Crippen LogP contribution < -0.4 is 10.5 Å². The van der Waals surface area contributed by atoms with Crippen molar-refractivity contribution in [1.29, 1.82) is 0 Å². The first-order chi connectivity index (χ1) is 17.3. The van der Waals surface area contributed by atoms with Gasteiger partial charge >= 0.3 is 5.97 Å². The Morgan fingerprint density at radius 2 is 1.67 bits per heavy atom. The van der Waals surface area contributed by atoms with E-state index in [-0.39, 0.29) is 23.6 Å². The minimum atomic E-state index is -0.647. The fourth-order valence-electron chi connectivity index (χ4n) is 4.54. The maximum atomic E-state index is 13.7. The van der Waals surface area contributed by atoms with Gasteiger partial charge in [0.2, 0.25) is 0 Å². The Balaban J connectivity index is 1.71. The van der Waals surface area contributed by atoms with Gasteiger partial charge in [-0.1, -0.05) is 18.2 Å². The van der Waals surface area contributed by atoms with Gasteiger partial charge in [0, 0.05) is 50.2 Å². The molecule has 1 aliphatic rings. The maximum Gasteiger partial charge on any atom is 0.345 e. The predicted molar refractivity (Wildman–Crippen MR) is 137 cm³/mol. The molecule has 0 radical (unpaired) electrons. The molecule has 1 aliphatic heterocycles. The highest BCUT2D eigenvalue weighted by Crippen LogP contribution is 2.30. The summed E-state index contributed by atoms with van der Waals surface area (Å²) in [4.78, 5) is 45.3. The van der Waals surface area contributed by atoms with Crippen LogP contribution in [0.2, 0.25) is 0 Å². The Morgan fingerprint density at radius 3 is 2.31 bits per heavy atom. The summed E-state index contributed by atoms with van der Waals surface area (Å²) in [5.41, 5.74) is 1.36. The van der Waals surface area contributed by atoms with Crippen LogP contribution in [0.1, 0.15) is 27.6 Å². The largest absolute Gasteiger partial charge is 0.462 e. The SMILES string of the molecule is CCOC(=O)c1c(N2CCN(C(=O)c3ccc(F)cc3)CC2)c2ccccc2n(CCN(C)C)c1=O. The lowest BCUT2D eigenvalue weighted by molar-refractivity contribution is 0.0523. The number of hydrogen-bond acceptors (Lipinski definition) is 6. The number of likely N-dealkylation sites (N-methyl/N-ethyl adjacent to an activating group) is 1. The topological polar surface area (TPSA) is 75.1 Å². The van der Waals surface area contributed by atoms with Crippen molar-refractivity contribution in [3.63, 3.8) is 0 Å². The minimum absolute atomic E-state index is 0.0209. The number of piperazine rings is 1. The molecule has 9 heteroatoms.